The number of hydrogen-bond donors (Lipinski definition) is 0. The van der Waals surface area contributed by atoms with Crippen LogP contribution < -0.4 is 0 Å². The van der Waals surface area contributed by atoms with E-state index < -0.39 is 42.7 Å². The third-order valence-corrected chi connectivity index (χ3v) is 4.57. The Labute approximate surface area is 145 Å². The summed E-state index contributed by atoms with van der Waals surface area (Å²) in [5.41, 5.74) is 0. The van der Waals surface area contributed by atoms with Crippen LogP contribution in [0.4, 0.5) is 39.5 Å². The molecule has 0 amide bonds. The Morgan fingerprint density at radius 1 is 0.846 bits per heavy atom. The Balaban J connectivity index is 2.78. The van der Waals surface area contributed by atoms with Crippen molar-refractivity contribution in [1.82, 2.24) is 4.90 Å². The van der Waals surface area contributed by atoms with Crippen molar-refractivity contribution in [1.29, 1.82) is 0 Å². The van der Waals surface area contributed by atoms with Crippen molar-refractivity contribution in [3.8, 4) is 0 Å². The van der Waals surface area contributed by atoms with Crippen molar-refractivity contribution in [2.24, 2.45) is 5.92 Å². The average molecular weight is 403 g/mol. The Morgan fingerprint density at radius 2 is 1.27 bits per heavy atom. The third-order valence-electron chi connectivity index (χ3n) is 4.57. The van der Waals surface area contributed by atoms with E-state index >= 15 is 0 Å². The topological polar surface area (TPSA) is 12.5 Å². The minimum Gasteiger partial charge on any atom is -0.363 e. The van der Waals surface area contributed by atoms with Crippen molar-refractivity contribution in [2.45, 2.75) is 76.3 Å². The van der Waals surface area contributed by atoms with Crippen molar-refractivity contribution in [3.63, 3.8) is 0 Å². The number of piperidine rings is 1. The average Bonchev–Trinajstić information content (AvgIpc) is 2.52. The molecular formula is C15H22F9NO. The van der Waals surface area contributed by atoms with Gasteiger partial charge in [0.1, 0.15) is 12.2 Å². The molecule has 156 valence electrons. The zero-order valence-corrected chi connectivity index (χ0v) is 14.5. The quantitative estimate of drug-likeness (QED) is 0.439. The largest absolute Gasteiger partial charge is 0.425 e. The molecule has 0 aromatic carbocycles. The number of rotatable bonds is 7. The van der Waals surface area contributed by atoms with Crippen LogP contribution in [0.15, 0.2) is 0 Å². The molecule has 0 aliphatic carbocycles. The van der Waals surface area contributed by atoms with E-state index in [-0.39, 0.29) is 19.0 Å². The zero-order chi connectivity index (χ0) is 20.5. The summed E-state index contributed by atoms with van der Waals surface area (Å²) in [6.07, 6.45) is -17.7. The Morgan fingerprint density at radius 3 is 1.69 bits per heavy atom. The van der Waals surface area contributed by atoms with Crippen LogP contribution in [0.25, 0.3) is 0 Å². The normalized spacial score (nSPS) is 23.5. The molecule has 0 bridgehead atoms. The minimum atomic E-state index is -5.89. The van der Waals surface area contributed by atoms with Gasteiger partial charge in [-0.25, -0.2) is 17.6 Å². The van der Waals surface area contributed by atoms with Gasteiger partial charge < -0.3 is 4.74 Å². The van der Waals surface area contributed by atoms with Gasteiger partial charge in [-0.1, -0.05) is 6.92 Å². The summed E-state index contributed by atoms with van der Waals surface area (Å²) in [4.78, 5) is 0.830. The van der Waals surface area contributed by atoms with Gasteiger partial charge in [0.15, 0.2) is 0 Å². The first-order chi connectivity index (χ1) is 11.6. The summed E-state index contributed by atoms with van der Waals surface area (Å²) in [7, 11) is 0. The van der Waals surface area contributed by atoms with Gasteiger partial charge in [-0.3, -0.25) is 4.90 Å². The zero-order valence-electron chi connectivity index (χ0n) is 14.5. The second-order valence-electron chi connectivity index (χ2n) is 6.73. The van der Waals surface area contributed by atoms with E-state index in [9.17, 15) is 39.5 Å². The Kier molecular flexibility index (Phi) is 7.28. The van der Waals surface area contributed by atoms with Crippen LogP contribution in [0.5, 0.6) is 0 Å². The van der Waals surface area contributed by atoms with Gasteiger partial charge in [-0.2, -0.15) is 22.0 Å². The lowest BCUT2D eigenvalue weighted by atomic mass is 9.98. The summed E-state index contributed by atoms with van der Waals surface area (Å²) < 4.78 is 123. The SMILES string of the molecule is CC1CCN(C(F)C(F)(F)C(C)OC(C)C(F)(F)C(F)C(F)(F)F)CC1. The van der Waals surface area contributed by atoms with E-state index in [1.54, 1.807) is 0 Å². The predicted molar refractivity (Wildman–Crippen MR) is 75.7 cm³/mol. The highest BCUT2D eigenvalue weighted by Gasteiger charge is 2.61. The Bertz CT molecular complexity index is 449. The van der Waals surface area contributed by atoms with Crippen molar-refractivity contribution >= 4 is 0 Å². The molecule has 0 aromatic heterocycles. The summed E-state index contributed by atoms with van der Waals surface area (Å²) in [6, 6.07) is 0. The summed E-state index contributed by atoms with van der Waals surface area (Å²) >= 11 is 0. The van der Waals surface area contributed by atoms with Crippen molar-refractivity contribution in [3.05, 3.63) is 0 Å². The highest BCUT2D eigenvalue weighted by Crippen LogP contribution is 2.40. The molecule has 26 heavy (non-hydrogen) atoms. The number of hydrogen-bond acceptors (Lipinski definition) is 2. The molecule has 1 rings (SSSR count). The highest BCUT2D eigenvalue weighted by atomic mass is 19.4. The molecule has 1 fully saturated rings. The second-order valence-corrected chi connectivity index (χ2v) is 6.73. The van der Waals surface area contributed by atoms with Gasteiger partial charge in [0.25, 0.3) is 6.17 Å². The van der Waals surface area contributed by atoms with Crippen LogP contribution in [-0.2, 0) is 4.74 Å². The van der Waals surface area contributed by atoms with Gasteiger partial charge >= 0.3 is 18.0 Å². The lowest BCUT2D eigenvalue weighted by molar-refractivity contribution is -0.290. The molecule has 0 saturated carbocycles. The van der Waals surface area contributed by atoms with E-state index in [4.69, 9.17) is 0 Å². The number of nitrogens with zero attached hydrogens (tertiary/aromatic N) is 1. The van der Waals surface area contributed by atoms with E-state index in [2.05, 4.69) is 4.74 Å². The lowest BCUT2D eigenvalue weighted by Gasteiger charge is -2.39. The second kappa shape index (κ2) is 8.12. The molecule has 11 heteroatoms. The van der Waals surface area contributed by atoms with Gasteiger partial charge in [-0.15, -0.1) is 0 Å². The maximum atomic E-state index is 14.2. The first-order valence-corrected chi connectivity index (χ1v) is 8.11. The number of likely N-dealkylation sites (tertiary alicyclic amines) is 1. The minimum absolute atomic E-state index is 0.0248. The molecule has 2 nitrogen and oxygen atoms in total. The van der Waals surface area contributed by atoms with Crippen LogP contribution in [-0.4, -0.2) is 60.7 Å². The van der Waals surface area contributed by atoms with E-state index in [1.807, 2.05) is 6.92 Å². The summed E-state index contributed by atoms with van der Waals surface area (Å²) in [5, 5.41) is 0. The molecule has 1 saturated heterocycles. The maximum absolute atomic E-state index is 14.2. The number of halogens is 9. The first kappa shape index (κ1) is 23.3. The Hall–Kier alpha value is -0.710. The molecule has 0 aromatic rings. The van der Waals surface area contributed by atoms with Crippen LogP contribution in [0, 0.1) is 5.92 Å². The molecule has 0 radical (unpaired) electrons. The summed E-state index contributed by atoms with van der Waals surface area (Å²) in [6.45, 7) is 2.81. The number of ether oxygens (including phenoxy) is 1. The number of alkyl halides is 9. The van der Waals surface area contributed by atoms with Crippen LogP contribution >= 0.6 is 0 Å². The predicted octanol–water partition coefficient (Wildman–Crippen LogP) is 4.98. The lowest BCUT2D eigenvalue weighted by Crippen LogP contribution is -2.56. The van der Waals surface area contributed by atoms with Crippen molar-refractivity contribution in [2.75, 3.05) is 13.1 Å². The van der Waals surface area contributed by atoms with Crippen LogP contribution in [0.3, 0.4) is 0 Å². The maximum Gasteiger partial charge on any atom is 0.425 e. The fraction of sp³-hybridized carbons (Fsp3) is 1.00. The third kappa shape index (κ3) is 5.17. The van der Waals surface area contributed by atoms with Crippen LogP contribution in [0.2, 0.25) is 0 Å². The first-order valence-electron chi connectivity index (χ1n) is 8.11. The molecule has 4 atom stereocenters. The van der Waals surface area contributed by atoms with Gasteiger partial charge in [0, 0.05) is 13.1 Å². The highest BCUT2D eigenvalue weighted by molar-refractivity contribution is 4.91. The molecule has 1 heterocycles. The molecule has 1 aliphatic heterocycles. The molecular weight excluding hydrogens is 381 g/mol. The smallest absolute Gasteiger partial charge is 0.363 e. The van der Waals surface area contributed by atoms with Gasteiger partial charge in [0.05, 0.1) is 0 Å². The fourth-order valence-electron chi connectivity index (χ4n) is 2.60. The molecule has 0 spiro atoms. The van der Waals surface area contributed by atoms with Crippen LogP contribution in [0.1, 0.15) is 33.6 Å². The van der Waals surface area contributed by atoms with E-state index in [0.29, 0.717) is 26.7 Å². The molecule has 4 unspecified atom stereocenters. The fourth-order valence-corrected chi connectivity index (χ4v) is 2.60. The monoisotopic (exact) mass is 403 g/mol. The standard InChI is InChI=1S/C15H22F9NO/c1-8-4-6-25(7-5-8)12(17)14(20,21)10(3)26-9(2)13(18,19)11(16)15(22,23)24/h8-12H,4-7H2,1-3H3. The van der Waals surface area contributed by atoms with E-state index in [0.717, 1.165) is 4.90 Å². The molecule has 0 N–H and O–H groups in total. The van der Waals surface area contributed by atoms with E-state index in [1.165, 1.54) is 0 Å². The van der Waals surface area contributed by atoms with Crippen molar-refractivity contribution < 1.29 is 44.3 Å². The molecule has 1 aliphatic rings. The summed E-state index contributed by atoms with van der Waals surface area (Å²) in [5.74, 6) is -9.15. The van der Waals surface area contributed by atoms with Gasteiger partial charge in [-0.05, 0) is 32.6 Å². The van der Waals surface area contributed by atoms with Gasteiger partial charge in [0.2, 0.25) is 6.30 Å².